The smallest absolute Gasteiger partial charge is 0.224 e. The van der Waals surface area contributed by atoms with Gasteiger partial charge in [-0.1, -0.05) is 0 Å². The number of amidine groups is 1. The number of nitrogens with one attached hydrogen (secondary N) is 6. The van der Waals surface area contributed by atoms with Crippen LogP contribution in [0.1, 0.15) is 12.8 Å². The highest BCUT2D eigenvalue weighted by molar-refractivity contribution is 9.10. The molecule has 0 saturated carbocycles. The average Bonchev–Trinajstić information content (AvgIpc) is 3.07. The van der Waals surface area contributed by atoms with Crippen LogP contribution >= 0.6 is 15.9 Å². The Morgan fingerprint density at radius 2 is 2.08 bits per heavy atom. The van der Waals surface area contributed by atoms with Crippen LogP contribution in [0, 0.1) is 17.1 Å². The lowest BCUT2D eigenvalue weighted by Gasteiger charge is -2.25. The number of carbonyl (C=O) groups excluding carboxylic acids is 1. The van der Waals surface area contributed by atoms with Crippen molar-refractivity contribution >= 4 is 33.4 Å². The van der Waals surface area contributed by atoms with Crippen molar-refractivity contribution in [3.05, 3.63) is 28.5 Å². The summed E-state index contributed by atoms with van der Waals surface area (Å²) >= 11 is 3.11. The molecule has 3 rings (SSSR count). The second-order valence-electron chi connectivity index (χ2n) is 5.99. The van der Waals surface area contributed by atoms with Gasteiger partial charge < -0.3 is 16.0 Å². The Morgan fingerprint density at radius 1 is 1.32 bits per heavy atom. The van der Waals surface area contributed by atoms with Gasteiger partial charge in [0.25, 0.3) is 0 Å². The summed E-state index contributed by atoms with van der Waals surface area (Å²) in [5, 5.41) is 17.2. The predicted octanol–water partition coefficient (Wildman–Crippen LogP) is 0.827. The highest BCUT2D eigenvalue weighted by Crippen LogP contribution is 2.20. The fraction of sp³-hybridized carbons (Fsp3) is 0.467. The van der Waals surface area contributed by atoms with Crippen LogP contribution in [0.25, 0.3) is 0 Å². The first-order chi connectivity index (χ1) is 12.0. The first-order valence-corrected chi connectivity index (χ1v) is 8.82. The van der Waals surface area contributed by atoms with Gasteiger partial charge in [-0.3, -0.25) is 10.2 Å². The molecule has 2 fully saturated rings. The number of hydrogen-bond acceptors (Lipinski definition) is 6. The molecule has 0 spiro atoms. The van der Waals surface area contributed by atoms with Crippen LogP contribution in [-0.2, 0) is 9.73 Å². The summed E-state index contributed by atoms with van der Waals surface area (Å²) in [7, 11) is 0. The largest absolute Gasteiger partial charge is 0.343 e. The van der Waals surface area contributed by atoms with E-state index in [1.165, 1.54) is 18.2 Å². The van der Waals surface area contributed by atoms with Crippen LogP contribution in [0.4, 0.5) is 10.1 Å². The molecule has 2 aliphatic rings. The lowest BCUT2D eigenvalue weighted by atomic mass is 9.97. The van der Waals surface area contributed by atoms with E-state index in [4.69, 9.17) is 10.3 Å². The van der Waals surface area contributed by atoms with Gasteiger partial charge in [-0.25, -0.2) is 9.33 Å². The van der Waals surface area contributed by atoms with E-state index in [1.807, 2.05) is 0 Å². The quantitative estimate of drug-likeness (QED) is 0.321. The van der Waals surface area contributed by atoms with Crippen LogP contribution < -0.4 is 26.9 Å². The molecular formula is C15H20BrFN6O2. The molecule has 2 unspecified atom stereocenters. The number of hydroxylamine groups is 2. The van der Waals surface area contributed by atoms with Gasteiger partial charge in [0.1, 0.15) is 23.9 Å². The topological polar surface area (TPSA) is 110 Å². The standard InChI is InChI=1S/C15H20BrFN6O2/c16-10-7-9(1-2-11(10)17)20-13(18)12-14(23-25-22-12)21-15(24)8-3-5-19-6-4-8/h1-2,7-8,12,14,19,22-23H,3-6H2,(H2,18,20)(H,21,24). The van der Waals surface area contributed by atoms with Crippen molar-refractivity contribution < 1.29 is 14.1 Å². The molecule has 1 aromatic rings. The third-order valence-electron chi connectivity index (χ3n) is 4.22. The van der Waals surface area contributed by atoms with Crippen LogP contribution in [-0.4, -0.2) is 37.0 Å². The van der Waals surface area contributed by atoms with E-state index in [9.17, 15) is 9.18 Å². The number of anilines is 1. The minimum atomic E-state index is -0.602. The molecule has 2 saturated heterocycles. The van der Waals surface area contributed by atoms with E-state index in [2.05, 4.69) is 42.8 Å². The maximum Gasteiger partial charge on any atom is 0.224 e. The van der Waals surface area contributed by atoms with E-state index in [0.29, 0.717) is 10.2 Å². The predicted molar refractivity (Wildman–Crippen MR) is 94.1 cm³/mol. The maximum atomic E-state index is 13.3. The average molecular weight is 415 g/mol. The minimum absolute atomic E-state index is 0.0421. The Labute approximate surface area is 152 Å². The van der Waals surface area contributed by atoms with E-state index in [-0.39, 0.29) is 23.5 Å². The molecule has 6 N–H and O–H groups in total. The molecule has 10 heteroatoms. The number of piperidine rings is 1. The zero-order valence-corrected chi connectivity index (χ0v) is 15.0. The Bertz CT molecular complexity index is 655. The Balaban J connectivity index is 1.59. The molecule has 8 nitrogen and oxygen atoms in total. The molecule has 0 aliphatic carbocycles. The Hall–Kier alpha value is -1.59. The SMILES string of the molecule is N=C(Nc1ccc(F)c(Br)c1)C1NONC1NC(=O)C1CCNCC1. The van der Waals surface area contributed by atoms with Crippen molar-refractivity contribution in [2.45, 2.75) is 25.0 Å². The van der Waals surface area contributed by atoms with Crippen LogP contribution in [0.2, 0.25) is 0 Å². The van der Waals surface area contributed by atoms with Crippen molar-refractivity contribution in [3.63, 3.8) is 0 Å². The minimum Gasteiger partial charge on any atom is -0.343 e. The van der Waals surface area contributed by atoms with E-state index in [1.54, 1.807) is 0 Å². The van der Waals surface area contributed by atoms with E-state index >= 15 is 0 Å². The van der Waals surface area contributed by atoms with Gasteiger partial charge in [0.2, 0.25) is 5.91 Å². The van der Waals surface area contributed by atoms with Gasteiger partial charge in [0.05, 0.1) is 4.47 Å². The first-order valence-electron chi connectivity index (χ1n) is 8.03. The second kappa shape index (κ2) is 8.19. The Morgan fingerprint density at radius 3 is 2.80 bits per heavy atom. The number of amides is 1. The molecular weight excluding hydrogens is 395 g/mol. The van der Waals surface area contributed by atoms with Gasteiger partial charge in [0.15, 0.2) is 0 Å². The molecule has 25 heavy (non-hydrogen) atoms. The number of carbonyl (C=O) groups is 1. The molecule has 136 valence electrons. The molecule has 1 aromatic carbocycles. The van der Waals surface area contributed by atoms with Gasteiger partial charge in [0, 0.05) is 11.6 Å². The maximum absolute atomic E-state index is 13.3. The van der Waals surface area contributed by atoms with Crippen LogP contribution in [0.5, 0.6) is 0 Å². The van der Waals surface area contributed by atoms with Crippen LogP contribution in [0.3, 0.4) is 0 Å². The molecule has 2 aliphatic heterocycles. The second-order valence-corrected chi connectivity index (χ2v) is 6.85. The summed E-state index contributed by atoms with van der Waals surface area (Å²) in [5.74, 6) is -0.402. The zero-order chi connectivity index (χ0) is 17.8. The fourth-order valence-corrected chi connectivity index (χ4v) is 3.18. The normalized spacial score (nSPS) is 24.1. The van der Waals surface area contributed by atoms with Gasteiger partial charge in [-0.2, -0.15) is 11.0 Å². The summed E-state index contributed by atoms with van der Waals surface area (Å²) in [6.45, 7) is 1.65. The summed E-state index contributed by atoms with van der Waals surface area (Å²) in [4.78, 5) is 17.3. The molecule has 0 radical (unpaired) electrons. The van der Waals surface area contributed by atoms with Crippen molar-refractivity contribution in [2.75, 3.05) is 18.4 Å². The molecule has 2 heterocycles. The summed E-state index contributed by atoms with van der Waals surface area (Å²) in [6.07, 6.45) is 0.999. The number of halogens is 2. The molecule has 0 aromatic heterocycles. The number of benzene rings is 1. The van der Waals surface area contributed by atoms with Gasteiger partial charge in [-0.15, -0.1) is 0 Å². The van der Waals surface area contributed by atoms with Crippen molar-refractivity contribution in [3.8, 4) is 0 Å². The lowest BCUT2D eigenvalue weighted by molar-refractivity contribution is -0.127. The van der Waals surface area contributed by atoms with Crippen molar-refractivity contribution in [1.82, 2.24) is 21.6 Å². The highest BCUT2D eigenvalue weighted by Gasteiger charge is 2.34. The Kier molecular flexibility index (Phi) is 5.97. The fourth-order valence-electron chi connectivity index (χ4n) is 2.80. The summed E-state index contributed by atoms with van der Waals surface area (Å²) in [6, 6.07) is 3.76. The third-order valence-corrected chi connectivity index (χ3v) is 4.83. The number of rotatable bonds is 4. The number of hydrogen-bond donors (Lipinski definition) is 6. The molecule has 2 atom stereocenters. The van der Waals surface area contributed by atoms with Crippen molar-refractivity contribution in [1.29, 1.82) is 5.41 Å². The summed E-state index contributed by atoms with van der Waals surface area (Å²) in [5.41, 5.74) is 5.86. The highest BCUT2D eigenvalue weighted by atomic mass is 79.9. The van der Waals surface area contributed by atoms with Gasteiger partial charge >= 0.3 is 0 Å². The zero-order valence-electron chi connectivity index (χ0n) is 13.4. The molecule has 0 bridgehead atoms. The van der Waals surface area contributed by atoms with Crippen LogP contribution in [0.15, 0.2) is 22.7 Å². The molecule has 1 amide bonds. The lowest BCUT2D eigenvalue weighted by Crippen LogP contribution is -2.55. The first kappa shape index (κ1) is 18.2. The monoisotopic (exact) mass is 414 g/mol. The summed E-state index contributed by atoms with van der Waals surface area (Å²) < 4.78 is 13.6. The van der Waals surface area contributed by atoms with E-state index in [0.717, 1.165) is 25.9 Å². The van der Waals surface area contributed by atoms with Gasteiger partial charge in [-0.05, 0) is 60.1 Å². The van der Waals surface area contributed by atoms with E-state index < -0.39 is 12.2 Å². The van der Waals surface area contributed by atoms with Crippen molar-refractivity contribution in [2.24, 2.45) is 5.92 Å². The third kappa shape index (κ3) is 4.53.